The predicted octanol–water partition coefficient (Wildman–Crippen LogP) is 3.65. The lowest BCUT2D eigenvalue weighted by Gasteiger charge is -2.05. The van der Waals surface area contributed by atoms with Crippen molar-refractivity contribution >= 4 is 24.0 Å². The summed E-state index contributed by atoms with van der Waals surface area (Å²) in [6.45, 7) is 2.06. The number of rotatable bonds is 5. The summed E-state index contributed by atoms with van der Waals surface area (Å²) in [5, 5.41) is 0. The highest BCUT2D eigenvalue weighted by Crippen LogP contribution is 2.16. The van der Waals surface area contributed by atoms with Crippen LogP contribution in [0.15, 0.2) is 30.5 Å². The van der Waals surface area contributed by atoms with Crippen molar-refractivity contribution in [2.45, 2.75) is 12.7 Å². The zero-order valence-corrected chi connectivity index (χ0v) is 11.2. The standard InChI is InChI=1S/C12H14N2OS2/c1-9-3-2-4-11(5-9)15-8-17-7-10-6-13-12(16)14-10/h2-6H,7-8H2,1H3,(H2,13,14,16). The maximum atomic E-state index is 5.63. The second-order valence-corrected chi connectivity index (χ2v) is 5.04. The third-order valence-electron chi connectivity index (χ3n) is 2.21. The van der Waals surface area contributed by atoms with Crippen LogP contribution in [0.4, 0.5) is 0 Å². The van der Waals surface area contributed by atoms with Gasteiger partial charge in [-0.15, -0.1) is 11.8 Å². The quantitative estimate of drug-likeness (QED) is 0.493. The molecule has 0 saturated carbocycles. The summed E-state index contributed by atoms with van der Waals surface area (Å²) in [6.07, 6.45) is 1.89. The molecule has 0 unspecified atom stereocenters. The number of aryl methyl sites for hydroxylation is 1. The summed E-state index contributed by atoms with van der Waals surface area (Å²) < 4.78 is 6.30. The van der Waals surface area contributed by atoms with Gasteiger partial charge in [-0.2, -0.15) is 0 Å². The number of ether oxygens (including phenoxy) is 1. The highest BCUT2D eigenvalue weighted by atomic mass is 32.2. The minimum absolute atomic E-state index is 0.634. The Bertz CT molecular complexity index is 533. The summed E-state index contributed by atoms with van der Waals surface area (Å²) in [4.78, 5) is 6.01. The molecule has 0 radical (unpaired) electrons. The van der Waals surface area contributed by atoms with Gasteiger partial charge in [-0.25, -0.2) is 0 Å². The van der Waals surface area contributed by atoms with Crippen LogP contribution in [0, 0.1) is 11.7 Å². The van der Waals surface area contributed by atoms with E-state index in [-0.39, 0.29) is 0 Å². The maximum absolute atomic E-state index is 5.63. The molecule has 3 nitrogen and oxygen atoms in total. The first-order chi connectivity index (χ1) is 8.24. The number of imidazole rings is 1. The van der Waals surface area contributed by atoms with Crippen molar-refractivity contribution in [3.63, 3.8) is 0 Å². The van der Waals surface area contributed by atoms with Crippen molar-refractivity contribution in [2.24, 2.45) is 0 Å². The molecule has 1 aromatic carbocycles. The second-order valence-electron chi connectivity index (χ2n) is 3.70. The zero-order chi connectivity index (χ0) is 12.1. The average Bonchev–Trinajstić information content (AvgIpc) is 2.71. The summed E-state index contributed by atoms with van der Waals surface area (Å²) in [5.74, 6) is 2.41. The Morgan fingerprint density at radius 1 is 1.41 bits per heavy atom. The molecular formula is C12H14N2OS2. The summed E-state index contributed by atoms with van der Waals surface area (Å²) in [6, 6.07) is 8.06. The molecule has 0 saturated heterocycles. The van der Waals surface area contributed by atoms with Crippen LogP contribution in [-0.2, 0) is 5.75 Å². The Hall–Kier alpha value is -1.20. The highest BCUT2D eigenvalue weighted by molar-refractivity contribution is 7.98. The fraction of sp³-hybridized carbons (Fsp3) is 0.250. The molecular weight excluding hydrogens is 252 g/mol. The van der Waals surface area contributed by atoms with Crippen LogP contribution in [0.2, 0.25) is 0 Å². The predicted molar refractivity (Wildman–Crippen MR) is 73.9 cm³/mol. The maximum Gasteiger partial charge on any atom is 0.174 e. The minimum atomic E-state index is 0.634. The lowest BCUT2D eigenvalue weighted by Crippen LogP contribution is -1.93. The number of H-pyrrole nitrogens is 2. The largest absolute Gasteiger partial charge is 0.483 e. The van der Waals surface area contributed by atoms with E-state index in [1.807, 2.05) is 24.4 Å². The third-order valence-corrected chi connectivity index (χ3v) is 3.23. The van der Waals surface area contributed by atoms with Gasteiger partial charge in [0.2, 0.25) is 0 Å². The van der Waals surface area contributed by atoms with Crippen molar-refractivity contribution in [1.82, 2.24) is 9.97 Å². The first-order valence-corrected chi connectivity index (χ1v) is 6.84. The van der Waals surface area contributed by atoms with Crippen LogP contribution in [-0.4, -0.2) is 15.9 Å². The molecule has 0 fully saturated rings. The molecule has 0 spiro atoms. The molecule has 5 heteroatoms. The number of benzene rings is 1. The van der Waals surface area contributed by atoms with Crippen LogP contribution in [0.1, 0.15) is 11.3 Å². The van der Waals surface area contributed by atoms with E-state index in [2.05, 4.69) is 23.0 Å². The first kappa shape index (κ1) is 12.3. The second kappa shape index (κ2) is 5.93. The van der Waals surface area contributed by atoms with Gasteiger partial charge in [-0.1, -0.05) is 12.1 Å². The van der Waals surface area contributed by atoms with Gasteiger partial charge in [-0.05, 0) is 36.8 Å². The minimum Gasteiger partial charge on any atom is -0.483 e. The van der Waals surface area contributed by atoms with Crippen LogP contribution in [0.5, 0.6) is 5.75 Å². The molecule has 0 bridgehead atoms. The van der Waals surface area contributed by atoms with Gasteiger partial charge in [0, 0.05) is 17.6 Å². The normalized spacial score (nSPS) is 10.4. The van der Waals surface area contributed by atoms with Gasteiger partial charge < -0.3 is 14.7 Å². The summed E-state index contributed by atoms with van der Waals surface area (Å²) in [7, 11) is 0. The summed E-state index contributed by atoms with van der Waals surface area (Å²) in [5.41, 5.74) is 2.30. The van der Waals surface area contributed by atoms with Crippen LogP contribution >= 0.6 is 24.0 Å². The molecule has 0 aliphatic carbocycles. The Morgan fingerprint density at radius 2 is 2.29 bits per heavy atom. The van der Waals surface area contributed by atoms with E-state index in [4.69, 9.17) is 17.0 Å². The third kappa shape index (κ3) is 3.94. The molecule has 1 aromatic heterocycles. The van der Waals surface area contributed by atoms with E-state index < -0.39 is 0 Å². The van der Waals surface area contributed by atoms with Gasteiger partial charge in [-0.3, -0.25) is 0 Å². The molecule has 2 aromatic rings. The number of aromatic amines is 2. The van der Waals surface area contributed by atoms with Crippen LogP contribution < -0.4 is 4.74 Å². The lowest BCUT2D eigenvalue weighted by atomic mass is 10.2. The number of hydrogen-bond donors (Lipinski definition) is 2. The molecule has 0 aliphatic heterocycles. The van der Waals surface area contributed by atoms with Crippen LogP contribution in [0.3, 0.4) is 0 Å². The van der Waals surface area contributed by atoms with Gasteiger partial charge >= 0.3 is 0 Å². The molecule has 0 aliphatic rings. The molecule has 2 N–H and O–H groups in total. The smallest absolute Gasteiger partial charge is 0.174 e. The van der Waals surface area contributed by atoms with Crippen molar-refractivity contribution in [1.29, 1.82) is 0 Å². The van der Waals surface area contributed by atoms with E-state index in [0.717, 1.165) is 17.2 Å². The lowest BCUT2D eigenvalue weighted by molar-refractivity contribution is 0.392. The van der Waals surface area contributed by atoms with Crippen molar-refractivity contribution in [3.05, 3.63) is 46.5 Å². The molecule has 90 valence electrons. The fourth-order valence-corrected chi connectivity index (χ4v) is 2.28. The van der Waals surface area contributed by atoms with E-state index >= 15 is 0 Å². The average molecular weight is 266 g/mol. The fourth-order valence-electron chi connectivity index (χ4n) is 1.41. The topological polar surface area (TPSA) is 40.8 Å². The monoisotopic (exact) mass is 266 g/mol. The van der Waals surface area contributed by atoms with Crippen molar-refractivity contribution in [3.8, 4) is 5.75 Å². The van der Waals surface area contributed by atoms with Gasteiger partial charge in [0.05, 0.1) is 0 Å². The first-order valence-electron chi connectivity index (χ1n) is 5.28. The Labute approximate surface area is 110 Å². The molecule has 0 amide bonds. The number of hydrogen-bond acceptors (Lipinski definition) is 3. The Kier molecular flexibility index (Phi) is 4.28. The molecule has 17 heavy (non-hydrogen) atoms. The molecule has 2 rings (SSSR count). The van der Waals surface area contributed by atoms with Gasteiger partial charge in [0.15, 0.2) is 4.77 Å². The molecule has 0 atom stereocenters. The number of nitrogens with one attached hydrogen (secondary N) is 2. The highest BCUT2D eigenvalue weighted by Gasteiger charge is 1.97. The van der Waals surface area contributed by atoms with Gasteiger partial charge in [0.25, 0.3) is 0 Å². The Balaban J connectivity index is 1.75. The van der Waals surface area contributed by atoms with E-state index in [1.165, 1.54) is 5.56 Å². The van der Waals surface area contributed by atoms with Crippen molar-refractivity contribution in [2.75, 3.05) is 5.94 Å². The number of thioether (sulfide) groups is 1. The SMILES string of the molecule is Cc1cccc(OCSCc2c[nH]c(=S)[nH]2)c1. The van der Waals surface area contributed by atoms with Crippen molar-refractivity contribution < 1.29 is 4.74 Å². The zero-order valence-electron chi connectivity index (χ0n) is 9.53. The summed E-state index contributed by atoms with van der Waals surface area (Å²) >= 11 is 6.65. The van der Waals surface area contributed by atoms with E-state index in [0.29, 0.717) is 10.7 Å². The van der Waals surface area contributed by atoms with Crippen LogP contribution in [0.25, 0.3) is 0 Å². The molecule has 1 heterocycles. The Morgan fingerprint density at radius 3 is 3.00 bits per heavy atom. The van der Waals surface area contributed by atoms with E-state index in [1.54, 1.807) is 11.8 Å². The van der Waals surface area contributed by atoms with Gasteiger partial charge in [0.1, 0.15) is 11.7 Å². The van der Waals surface area contributed by atoms with E-state index in [9.17, 15) is 0 Å². The number of aromatic nitrogens is 2.